The van der Waals surface area contributed by atoms with Crippen molar-refractivity contribution in [2.24, 2.45) is 5.92 Å². The first-order chi connectivity index (χ1) is 8.63. The summed E-state index contributed by atoms with van der Waals surface area (Å²) in [5, 5.41) is 0. The molecular formula is C15H16BrNO. The fourth-order valence-corrected chi connectivity index (χ4v) is 3.43. The summed E-state index contributed by atoms with van der Waals surface area (Å²) < 4.78 is 0.977. The van der Waals surface area contributed by atoms with Crippen molar-refractivity contribution in [3.63, 3.8) is 0 Å². The zero-order valence-electron chi connectivity index (χ0n) is 10.4. The first kappa shape index (κ1) is 13.3. The van der Waals surface area contributed by atoms with Gasteiger partial charge in [0.1, 0.15) is 5.78 Å². The second-order valence-electron chi connectivity index (χ2n) is 4.90. The standard InChI is InChI=1S/C15H16BrNO/c1-3-11-10-15(17-2,9-8-14(11)18)12-6-4-5-7-13(12)16/h4-7,11H,3,8-10H2,1H3. The third-order valence-electron chi connectivity index (χ3n) is 3.91. The maximum atomic E-state index is 11.8. The minimum Gasteiger partial charge on any atom is -0.305 e. The van der Waals surface area contributed by atoms with Crippen LogP contribution in [0.1, 0.15) is 38.2 Å². The molecule has 1 aliphatic rings. The number of carbonyl (C=O) groups excluding carboxylic acids is 1. The molecule has 2 unspecified atom stereocenters. The molecule has 94 valence electrons. The summed E-state index contributed by atoms with van der Waals surface area (Å²) in [7, 11) is 0. The van der Waals surface area contributed by atoms with Crippen molar-refractivity contribution in [2.75, 3.05) is 0 Å². The molecule has 3 heteroatoms. The number of halogens is 1. The Labute approximate surface area is 116 Å². The molecule has 0 N–H and O–H groups in total. The van der Waals surface area contributed by atoms with E-state index in [2.05, 4.69) is 20.8 Å². The van der Waals surface area contributed by atoms with Gasteiger partial charge in [0.2, 0.25) is 0 Å². The van der Waals surface area contributed by atoms with Gasteiger partial charge in [-0.1, -0.05) is 35.0 Å². The summed E-state index contributed by atoms with van der Waals surface area (Å²) in [6.07, 6.45) is 2.67. The Balaban J connectivity index is 2.42. The van der Waals surface area contributed by atoms with Crippen LogP contribution in [0.3, 0.4) is 0 Å². The second-order valence-corrected chi connectivity index (χ2v) is 5.75. The van der Waals surface area contributed by atoms with Crippen molar-refractivity contribution >= 4 is 21.7 Å². The minimum atomic E-state index is -0.519. The lowest BCUT2D eigenvalue weighted by Gasteiger charge is -2.31. The number of hydrogen-bond acceptors (Lipinski definition) is 1. The SMILES string of the molecule is [C-]#[N+]C1(c2ccccc2Br)CCC(=O)C(CC)C1. The second kappa shape index (κ2) is 5.24. The molecule has 1 aromatic rings. The number of Topliss-reactive ketones (excluding diaryl/α,β-unsaturated/α-hetero) is 1. The van der Waals surface area contributed by atoms with Gasteiger partial charge in [-0.15, -0.1) is 0 Å². The van der Waals surface area contributed by atoms with Crippen LogP contribution in [0.15, 0.2) is 28.7 Å². The van der Waals surface area contributed by atoms with E-state index in [1.165, 1.54) is 0 Å². The molecule has 1 fully saturated rings. The van der Waals surface area contributed by atoms with E-state index >= 15 is 0 Å². The van der Waals surface area contributed by atoms with Crippen LogP contribution < -0.4 is 0 Å². The molecule has 1 saturated carbocycles. The Kier molecular flexibility index (Phi) is 3.87. The Morgan fingerprint density at radius 3 is 2.83 bits per heavy atom. The number of hydrogen-bond donors (Lipinski definition) is 0. The van der Waals surface area contributed by atoms with Gasteiger partial charge >= 0.3 is 0 Å². The molecule has 2 rings (SSSR count). The quantitative estimate of drug-likeness (QED) is 0.745. The van der Waals surface area contributed by atoms with Crippen molar-refractivity contribution in [2.45, 2.75) is 38.1 Å². The van der Waals surface area contributed by atoms with Gasteiger partial charge < -0.3 is 4.85 Å². The number of ketones is 1. The third-order valence-corrected chi connectivity index (χ3v) is 4.60. The summed E-state index contributed by atoms with van der Waals surface area (Å²) >= 11 is 3.54. The van der Waals surface area contributed by atoms with E-state index in [0.717, 1.165) is 16.5 Å². The van der Waals surface area contributed by atoms with E-state index in [9.17, 15) is 4.79 Å². The van der Waals surface area contributed by atoms with Crippen LogP contribution in [0.2, 0.25) is 0 Å². The highest BCUT2D eigenvalue weighted by atomic mass is 79.9. The van der Waals surface area contributed by atoms with Crippen LogP contribution in [0.25, 0.3) is 4.85 Å². The van der Waals surface area contributed by atoms with Gasteiger partial charge in [0.25, 0.3) is 5.54 Å². The van der Waals surface area contributed by atoms with E-state index in [4.69, 9.17) is 6.57 Å². The highest BCUT2D eigenvalue weighted by Crippen LogP contribution is 2.45. The monoisotopic (exact) mass is 305 g/mol. The lowest BCUT2D eigenvalue weighted by Crippen LogP contribution is -2.35. The molecule has 18 heavy (non-hydrogen) atoms. The molecule has 1 aromatic carbocycles. The zero-order valence-corrected chi connectivity index (χ0v) is 12.0. The fraction of sp³-hybridized carbons (Fsp3) is 0.467. The fourth-order valence-electron chi connectivity index (χ4n) is 2.77. The van der Waals surface area contributed by atoms with Crippen LogP contribution in [-0.4, -0.2) is 5.78 Å². The van der Waals surface area contributed by atoms with E-state index in [1.54, 1.807) is 0 Å². The molecule has 2 atom stereocenters. The normalized spacial score (nSPS) is 27.8. The average molecular weight is 306 g/mol. The van der Waals surface area contributed by atoms with Gasteiger partial charge in [-0.05, 0) is 18.6 Å². The highest BCUT2D eigenvalue weighted by Gasteiger charge is 2.47. The van der Waals surface area contributed by atoms with Gasteiger partial charge in [-0.2, -0.15) is 0 Å². The van der Waals surface area contributed by atoms with Crippen LogP contribution >= 0.6 is 15.9 Å². The minimum absolute atomic E-state index is 0.0416. The maximum absolute atomic E-state index is 11.8. The lowest BCUT2D eigenvalue weighted by molar-refractivity contribution is -0.125. The Bertz CT molecular complexity index is 505. The number of nitrogens with zero attached hydrogens (tertiary/aromatic N) is 1. The van der Waals surface area contributed by atoms with Gasteiger partial charge in [-0.3, -0.25) is 4.79 Å². The molecule has 0 bridgehead atoms. The number of rotatable bonds is 2. The molecule has 2 nitrogen and oxygen atoms in total. The van der Waals surface area contributed by atoms with E-state index in [1.807, 2.05) is 31.2 Å². The summed E-state index contributed by atoms with van der Waals surface area (Å²) in [6.45, 7) is 9.63. The summed E-state index contributed by atoms with van der Waals surface area (Å²) in [5.74, 6) is 0.365. The van der Waals surface area contributed by atoms with Gasteiger partial charge in [0.15, 0.2) is 0 Å². The summed E-state index contributed by atoms with van der Waals surface area (Å²) in [6, 6.07) is 7.89. The first-order valence-electron chi connectivity index (χ1n) is 6.29. The summed E-state index contributed by atoms with van der Waals surface area (Å²) in [4.78, 5) is 15.7. The van der Waals surface area contributed by atoms with Crippen molar-refractivity contribution in [1.82, 2.24) is 0 Å². The topological polar surface area (TPSA) is 21.4 Å². The van der Waals surface area contributed by atoms with Crippen LogP contribution in [-0.2, 0) is 10.3 Å². The molecule has 0 heterocycles. The van der Waals surface area contributed by atoms with Crippen LogP contribution in [0.5, 0.6) is 0 Å². The number of benzene rings is 1. The predicted molar refractivity (Wildman–Crippen MR) is 75.1 cm³/mol. The van der Waals surface area contributed by atoms with E-state index in [0.29, 0.717) is 25.0 Å². The molecule has 0 spiro atoms. The zero-order chi connectivity index (χ0) is 13.2. The van der Waals surface area contributed by atoms with Crippen molar-refractivity contribution in [3.8, 4) is 0 Å². The largest absolute Gasteiger partial charge is 0.305 e. The number of carbonyl (C=O) groups is 1. The average Bonchev–Trinajstić information content (AvgIpc) is 2.40. The smallest absolute Gasteiger partial charge is 0.259 e. The van der Waals surface area contributed by atoms with Crippen molar-refractivity contribution in [1.29, 1.82) is 0 Å². The molecule has 0 radical (unpaired) electrons. The Morgan fingerprint density at radius 1 is 1.50 bits per heavy atom. The molecule has 0 amide bonds. The van der Waals surface area contributed by atoms with Crippen LogP contribution in [0.4, 0.5) is 0 Å². The van der Waals surface area contributed by atoms with Crippen molar-refractivity contribution in [3.05, 3.63) is 45.7 Å². The highest BCUT2D eigenvalue weighted by molar-refractivity contribution is 9.10. The van der Waals surface area contributed by atoms with E-state index < -0.39 is 5.54 Å². The van der Waals surface area contributed by atoms with Crippen LogP contribution in [0, 0.1) is 12.5 Å². The lowest BCUT2D eigenvalue weighted by atomic mass is 9.71. The van der Waals surface area contributed by atoms with E-state index in [-0.39, 0.29) is 5.92 Å². The Hall–Kier alpha value is -1.14. The predicted octanol–water partition coefficient (Wildman–Crippen LogP) is 4.34. The first-order valence-corrected chi connectivity index (χ1v) is 7.08. The Morgan fingerprint density at radius 2 is 2.22 bits per heavy atom. The molecule has 1 aliphatic carbocycles. The molecule has 0 saturated heterocycles. The van der Waals surface area contributed by atoms with Gasteiger partial charge in [0.05, 0.1) is 5.56 Å². The van der Waals surface area contributed by atoms with Gasteiger partial charge in [-0.25, -0.2) is 6.57 Å². The maximum Gasteiger partial charge on any atom is 0.259 e. The van der Waals surface area contributed by atoms with Crippen molar-refractivity contribution < 1.29 is 4.79 Å². The third kappa shape index (κ3) is 2.22. The molecular weight excluding hydrogens is 290 g/mol. The van der Waals surface area contributed by atoms with Gasteiger partial charge in [0, 0.05) is 29.7 Å². The molecule has 0 aliphatic heterocycles. The summed E-state index contributed by atoms with van der Waals surface area (Å²) in [5.41, 5.74) is 0.514. The molecule has 0 aromatic heterocycles.